The summed E-state index contributed by atoms with van der Waals surface area (Å²) in [5.41, 5.74) is 19.8. The fourth-order valence-electron chi connectivity index (χ4n) is 9.32. The number of hydrogen-bond donors (Lipinski definition) is 0. The maximum Gasteiger partial charge on any atom is 0.160 e. The second-order valence-electron chi connectivity index (χ2n) is 16.6. The van der Waals surface area contributed by atoms with Gasteiger partial charge >= 0.3 is 0 Å². The predicted molar refractivity (Wildman–Crippen MR) is 255 cm³/mol. The van der Waals surface area contributed by atoms with Crippen molar-refractivity contribution in [1.29, 1.82) is 0 Å². The Labute approximate surface area is 357 Å². The van der Waals surface area contributed by atoms with Gasteiger partial charge in [-0.05, 0) is 108 Å². The van der Waals surface area contributed by atoms with Gasteiger partial charge in [-0.2, -0.15) is 0 Å². The van der Waals surface area contributed by atoms with Crippen molar-refractivity contribution >= 4 is 10.8 Å². The van der Waals surface area contributed by atoms with Crippen LogP contribution in [0.2, 0.25) is 0 Å². The Morgan fingerprint density at radius 2 is 0.738 bits per heavy atom. The molecule has 1 aromatic heterocycles. The topological polar surface area (TPSA) is 25.8 Å². The lowest BCUT2D eigenvalue weighted by atomic mass is 9.81. The molecule has 2 heteroatoms. The van der Waals surface area contributed by atoms with E-state index in [0.717, 1.165) is 33.5 Å². The van der Waals surface area contributed by atoms with Crippen LogP contribution in [0.3, 0.4) is 0 Å². The van der Waals surface area contributed by atoms with Crippen molar-refractivity contribution < 1.29 is 0 Å². The van der Waals surface area contributed by atoms with E-state index in [1.165, 1.54) is 72.1 Å². The molecule has 1 heterocycles. The minimum Gasteiger partial charge on any atom is -0.228 e. The Balaban J connectivity index is 1.06. The molecule has 61 heavy (non-hydrogen) atoms. The van der Waals surface area contributed by atoms with Crippen molar-refractivity contribution in [2.24, 2.45) is 0 Å². The van der Waals surface area contributed by atoms with Gasteiger partial charge in [0.2, 0.25) is 0 Å². The normalized spacial score (nSPS) is 12.6. The Morgan fingerprint density at radius 3 is 1.44 bits per heavy atom. The molecule has 0 radical (unpaired) electrons. The van der Waals surface area contributed by atoms with E-state index in [-0.39, 0.29) is 5.41 Å². The van der Waals surface area contributed by atoms with Crippen molar-refractivity contribution in [2.75, 3.05) is 0 Å². The molecule has 0 saturated carbocycles. The third-order valence-electron chi connectivity index (χ3n) is 12.5. The maximum absolute atomic E-state index is 5.27. The highest BCUT2D eigenvalue weighted by Gasteiger charge is 2.35. The molecule has 0 amide bonds. The smallest absolute Gasteiger partial charge is 0.160 e. The standard InChI is InChI=1S/C59H42N2/c1-59(2)54-25-15-14-24-51(54)52-31-30-44(37-55(52)59)46-34-45(40-18-8-4-9-19-40)35-47(36-46)48-32-33-53(50-23-13-12-22-49(48)50)57-38-56(60-58(61-57)43-20-10-5-11-21-43)42-28-26-41(27-29-42)39-16-6-3-7-17-39/h3-38H,1-2H3. The summed E-state index contributed by atoms with van der Waals surface area (Å²) in [6.45, 7) is 4.71. The first kappa shape index (κ1) is 36.4. The molecule has 0 bridgehead atoms. The van der Waals surface area contributed by atoms with Crippen LogP contribution in [0, 0.1) is 0 Å². The van der Waals surface area contributed by atoms with Gasteiger partial charge in [-0.1, -0.05) is 202 Å². The number of aromatic nitrogens is 2. The third kappa shape index (κ3) is 6.54. The van der Waals surface area contributed by atoms with E-state index in [0.29, 0.717) is 5.82 Å². The highest BCUT2D eigenvalue weighted by Crippen LogP contribution is 2.50. The van der Waals surface area contributed by atoms with Crippen molar-refractivity contribution in [3.63, 3.8) is 0 Å². The van der Waals surface area contributed by atoms with Crippen LogP contribution in [-0.2, 0) is 5.41 Å². The zero-order valence-corrected chi connectivity index (χ0v) is 34.2. The molecule has 0 spiro atoms. The Bertz CT molecular complexity index is 3240. The molecule has 0 aliphatic heterocycles. The molecule has 0 unspecified atom stereocenters. The predicted octanol–water partition coefficient (Wildman–Crippen LogP) is 15.6. The van der Waals surface area contributed by atoms with Gasteiger partial charge in [-0.15, -0.1) is 0 Å². The van der Waals surface area contributed by atoms with Crippen LogP contribution < -0.4 is 0 Å². The highest BCUT2D eigenvalue weighted by atomic mass is 14.9. The van der Waals surface area contributed by atoms with E-state index >= 15 is 0 Å². The lowest BCUT2D eigenvalue weighted by Crippen LogP contribution is -2.14. The quantitative estimate of drug-likeness (QED) is 0.161. The van der Waals surface area contributed by atoms with Crippen LogP contribution in [0.1, 0.15) is 25.0 Å². The van der Waals surface area contributed by atoms with Crippen molar-refractivity contribution in [3.05, 3.63) is 230 Å². The second-order valence-corrected chi connectivity index (χ2v) is 16.6. The van der Waals surface area contributed by atoms with Gasteiger partial charge in [0, 0.05) is 22.1 Å². The van der Waals surface area contributed by atoms with Gasteiger partial charge in [0.1, 0.15) is 0 Å². The number of hydrogen-bond acceptors (Lipinski definition) is 2. The molecule has 10 aromatic rings. The van der Waals surface area contributed by atoms with Gasteiger partial charge in [-0.25, -0.2) is 9.97 Å². The summed E-state index contributed by atoms with van der Waals surface area (Å²) in [6.07, 6.45) is 0. The summed E-state index contributed by atoms with van der Waals surface area (Å²) < 4.78 is 0. The van der Waals surface area contributed by atoms with E-state index in [2.05, 4.69) is 214 Å². The first-order valence-electron chi connectivity index (χ1n) is 21.1. The zero-order valence-electron chi connectivity index (χ0n) is 34.2. The summed E-state index contributed by atoms with van der Waals surface area (Å²) in [4.78, 5) is 10.4. The van der Waals surface area contributed by atoms with Crippen molar-refractivity contribution in [3.8, 4) is 89.5 Å². The van der Waals surface area contributed by atoms with Crippen LogP contribution in [0.5, 0.6) is 0 Å². The van der Waals surface area contributed by atoms with Crippen molar-refractivity contribution in [2.45, 2.75) is 19.3 Å². The zero-order chi connectivity index (χ0) is 40.9. The molecule has 0 N–H and O–H groups in total. The van der Waals surface area contributed by atoms with E-state index in [1.807, 2.05) is 18.2 Å². The van der Waals surface area contributed by atoms with Gasteiger partial charge < -0.3 is 0 Å². The lowest BCUT2D eigenvalue weighted by molar-refractivity contribution is 0.660. The fraction of sp³-hybridized carbons (Fsp3) is 0.0508. The first-order valence-corrected chi connectivity index (χ1v) is 21.1. The van der Waals surface area contributed by atoms with E-state index in [4.69, 9.17) is 9.97 Å². The molecule has 0 atom stereocenters. The molecule has 288 valence electrons. The van der Waals surface area contributed by atoms with Gasteiger partial charge in [0.15, 0.2) is 5.82 Å². The number of fused-ring (bicyclic) bond motifs is 4. The molecule has 2 nitrogen and oxygen atoms in total. The minimum atomic E-state index is -0.0826. The molecule has 1 aliphatic rings. The van der Waals surface area contributed by atoms with Crippen LogP contribution >= 0.6 is 0 Å². The molecular formula is C59H42N2. The summed E-state index contributed by atoms with van der Waals surface area (Å²) >= 11 is 0. The largest absolute Gasteiger partial charge is 0.228 e. The first-order chi connectivity index (χ1) is 30.0. The van der Waals surface area contributed by atoms with Crippen LogP contribution in [0.15, 0.2) is 218 Å². The lowest BCUT2D eigenvalue weighted by Gasteiger charge is -2.22. The van der Waals surface area contributed by atoms with Gasteiger partial charge in [0.25, 0.3) is 0 Å². The summed E-state index contributed by atoms with van der Waals surface area (Å²) in [6, 6.07) is 78.7. The summed E-state index contributed by atoms with van der Waals surface area (Å²) in [5, 5.41) is 2.32. The molecule has 0 fully saturated rings. The Hall–Kier alpha value is -7.68. The van der Waals surface area contributed by atoms with Crippen LogP contribution in [0.25, 0.3) is 100 Å². The molecule has 0 saturated heterocycles. The third-order valence-corrected chi connectivity index (χ3v) is 12.5. The molecule has 1 aliphatic carbocycles. The highest BCUT2D eigenvalue weighted by molar-refractivity contribution is 6.05. The molecule has 9 aromatic carbocycles. The maximum atomic E-state index is 5.27. The SMILES string of the molecule is CC1(C)c2ccccc2-c2ccc(-c3cc(-c4ccccc4)cc(-c4ccc(-c5cc(-c6ccc(-c7ccccc7)cc6)nc(-c6ccccc6)n5)c5ccccc45)c3)cc21. The van der Waals surface area contributed by atoms with E-state index in [1.54, 1.807) is 0 Å². The molecular weight excluding hydrogens is 737 g/mol. The average Bonchev–Trinajstić information content (AvgIpc) is 3.56. The Kier molecular flexibility index (Phi) is 8.86. The van der Waals surface area contributed by atoms with E-state index < -0.39 is 0 Å². The number of benzene rings is 9. The summed E-state index contributed by atoms with van der Waals surface area (Å²) in [7, 11) is 0. The van der Waals surface area contributed by atoms with E-state index in [9.17, 15) is 0 Å². The Morgan fingerprint density at radius 1 is 0.279 bits per heavy atom. The number of nitrogens with zero attached hydrogens (tertiary/aromatic N) is 2. The van der Waals surface area contributed by atoms with Gasteiger partial charge in [0.05, 0.1) is 11.4 Å². The second kappa shape index (κ2) is 14.9. The van der Waals surface area contributed by atoms with Crippen molar-refractivity contribution in [1.82, 2.24) is 9.97 Å². The molecule has 11 rings (SSSR count). The van der Waals surface area contributed by atoms with Crippen LogP contribution in [-0.4, -0.2) is 9.97 Å². The van der Waals surface area contributed by atoms with Gasteiger partial charge in [-0.3, -0.25) is 0 Å². The minimum absolute atomic E-state index is 0.0826. The monoisotopic (exact) mass is 778 g/mol. The average molecular weight is 779 g/mol. The summed E-state index contributed by atoms with van der Waals surface area (Å²) in [5.74, 6) is 0.703. The fourth-order valence-corrected chi connectivity index (χ4v) is 9.32. The number of rotatable bonds is 7. The van der Waals surface area contributed by atoms with Crippen LogP contribution in [0.4, 0.5) is 0 Å².